The summed E-state index contributed by atoms with van der Waals surface area (Å²) in [6.45, 7) is 3.13. The molecule has 0 saturated carbocycles. The van der Waals surface area contributed by atoms with Crippen LogP contribution in [-0.2, 0) is 0 Å². The third-order valence-corrected chi connectivity index (χ3v) is 2.30. The summed E-state index contributed by atoms with van der Waals surface area (Å²) < 4.78 is 0.909. The Balaban J connectivity index is 4.09. The first-order valence-corrected chi connectivity index (χ1v) is 5.74. The Bertz CT molecular complexity index is 194. The molecular formula is C12H27N2O+. The van der Waals surface area contributed by atoms with Crippen molar-refractivity contribution in [3.8, 4) is 0 Å². The van der Waals surface area contributed by atoms with E-state index in [-0.39, 0.29) is 0 Å². The number of hydrogen-bond acceptors (Lipinski definition) is 2. The molecule has 0 aromatic carbocycles. The van der Waals surface area contributed by atoms with E-state index in [0.717, 1.165) is 30.3 Å². The molecule has 0 heterocycles. The van der Waals surface area contributed by atoms with Gasteiger partial charge in [0, 0.05) is 6.42 Å². The lowest BCUT2D eigenvalue weighted by Gasteiger charge is -2.29. The first-order valence-electron chi connectivity index (χ1n) is 5.74. The second-order valence-electron chi connectivity index (χ2n) is 5.15. The fraction of sp³-hybridized carbons (Fsp3) is 0.833. The molecule has 3 heteroatoms. The number of aliphatic hydroxyl groups is 1. The molecule has 0 bridgehead atoms. The first-order chi connectivity index (χ1) is 6.89. The molecule has 2 N–H and O–H groups in total. The van der Waals surface area contributed by atoms with E-state index < -0.39 is 0 Å². The highest BCUT2D eigenvalue weighted by atomic mass is 16.3. The Kier molecular flexibility index (Phi) is 6.61. The lowest BCUT2D eigenvalue weighted by molar-refractivity contribution is -0.871. The van der Waals surface area contributed by atoms with Crippen LogP contribution in [0.15, 0.2) is 11.8 Å². The SMILES string of the molecule is CCCC=C(O)CC(C[N+](C)(C)C)NC. The van der Waals surface area contributed by atoms with E-state index >= 15 is 0 Å². The molecule has 0 aliphatic carbocycles. The number of likely N-dealkylation sites (N-methyl/N-ethyl adjacent to an activating group) is 2. The van der Waals surface area contributed by atoms with E-state index in [2.05, 4.69) is 33.4 Å². The van der Waals surface area contributed by atoms with Gasteiger partial charge in [-0.25, -0.2) is 0 Å². The lowest BCUT2D eigenvalue weighted by atomic mass is 10.1. The molecule has 0 radical (unpaired) electrons. The summed E-state index contributed by atoms with van der Waals surface area (Å²) in [7, 11) is 8.44. The molecule has 3 nitrogen and oxygen atoms in total. The Labute approximate surface area is 94.4 Å². The van der Waals surface area contributed by atoms with Gasteiger partial charge in [-0.1, -0.05) is 13.3 Å². The van der Waals surface area contributed by atoms with E-state index in [0.29, 0.717) is 11.8 Å². The fourth-order valence-corrected chi connectivity index (χ4v) is 1.57. The lowest BCUT2D eigenvalue weighted by Crippen LogP contribution is -2.46. The van der Waals surface area contributed by atoms with E-state index in [1.165, 1.54) is 0 Å². The Morgan fingerprint density at radius 3 is 2.40 bits per heavy atom. The zero-order chi connectivity index (χ0) is 11.9. The normalized spacial score (nSPS) is 15.4. The molecule has 1 unspecified atom stereocenters. The number of nitrogens with zero attached hydrogens (tertiary/aromatic N) is 1. The van der Waals surface area contributed by atoms with Gasteiger partial charge in [0.15, 0.2) is 0 Å². The molecule has 0 aliphatic heterocycles. The Morgan fingerprint density at radius 2 is 2.00 bits per heavy atom. The van der Waals surface area contributed by atoms with Crippen LogP contribution < -0.4 is 5.32 Å². The highest BCUT2D eigenvalue weighted by Crippen LogP contribution is 2.07. The third-order valence-electron chi connectivity index (χ3n) is 2.30. The quantitative estimate of drug-likeness (QED) is 0.502. The van der Waals surface area contributed by atoms with Crippen molar-refractivity contribution < 1.29 is 9.59 Å². The van der Waals surface area contributed by atoms with Gasteiger partial charge in [-0.3, -0.25) is 0 Å². The van der Waals surface area contributed by atoms with Crippen molar-refractivity contribution in [2.45, 2.75) is 32.2 Å². The average molecular weight is 215 g/mol. The minimum Gasteiger partial charge on any atom is -0.513 e. The maximum absolute atomic E-state index is 9.69. The molecule has 0 aromatic heterocycles. The summed E-state index contributed by atoms with van der Waals surface area (Å²) in [6.07, 6.45) is 4.71. The van der Waals surface area contributed by atoms with Crippen LogP contribution in [0.1, 0.15) is 26.2 Å². The number of quaternary nitrogens is 1. The molecule has 15 heavy (non-hydrogen) atoms. The average Bonchev–Trinajstić information content (AvgIpc) is 2.11. The van der Waals surface area contributed by atoms with E-state index in [4.69, 9.17) is 0 Å². The number of rotatable bonds is 7. The van der Waals surface area contributed by atoms with Gasteiger partial charge in [-0.15, -0.1) is 0 Å². The molecule has 0 rings (SSSR count). The van der Waals surface area contributed by atoms with Gasteiger partial charge >= 0.3 is 0 Å². The number of allylic oxidation sites excluding steroid dienone is 1. The van der Waals surface area contributed by atoms with Crippen molar-refractivity contribution >= 4 is 0 Å². The van der Waals surface area contributed by atoms with Crippen LogP contribution >= 0.6 is 0 Å². The van der Waals surface area contributed by atoms with Crippen LogP contribution in [0.5, 0.6) is 0 Å². The second kappa shape index (κ2) is 6.85. The van der Waals surface area contributed by atoms with Gasteiger partial charge in [-0.05, 0) is 19.5 Å². The summed E-state index contributed by atoms with van der Waals surface area (Å²) in [6, 6.07) is 0.345. The first kappa shape index (κ1) is 14.5. The predicted octanol–water partition coefficient (Wildman–Crippen LogP) is 1.91. The number of nitrogens with one attached hydrogen (secondary N) is 1. The summed E-state index contributed by atoms with van der Waals surface area (Å²) in [4.78, 5) is 0. The largest absolute Gasteiger partial charge is 0.513 e. The molecule has 0 fully saturated rings. The van der Waals surface area contributed by atoms with Crippen LogP contribution in [0.4, 0.5) is 0 Å². The van der Waals surface area contributed by atoms with E-state index in [1.54, 1.807) is 0 Å². The fourth-order valence-electron chi connectivity index (χ4n) is 1.57. The van der Waals surface area contributed by atoms with Crippen molar-refractivity contribution in [2.24, 2.45) is 0 Å². The van der Waals surface area contributed by atoms with Crippen molar-refractivity contribution in [3.63, 3.8) is 0 Å². The Hall–Kier alpha value is -0.540. The maximum atomic E-state index is 9.69. The molecule has 0 saturated heterocycles. The van der Waals surface area contributed by atoms with Crippen LogP contribution in [-0.4, -0.2) is 50.4 Å². The monoisotopic (exact) mass is 215 g/mol. The topological polar surface area (TPSA) is 32.3 Å². The van der Waals surface area contributed by atoms with Gasteiger partial charge in [0.25, 0.3) is 0 Å². The minimum absolute atomic E-state index is 0.345. The Morgan fingerprint density at radius 1 is 1.40 bits per heavy atom. The molecule has 90 valence electrons. The van der Waals surface area contributed by atoms with E-state index in [1.807, 2.05) is 13.1 Å². The van der Waals surface area contributed by atoms with Crippen LogP contribution in [0.25, 0.3) is 0 Å². The molecule has 0 amide bonds. The van der Waals surface area contributed by atoms with Crippen LogP contribution in [0.3, 0.4) is 0 Å². The van der Waals surface area contributed by atoms with E-state index in [9.17, 15) is 5.11 Å². The number of hydrogen-bond donors (Lipinski definition) is 2. The number of unbranched alkanes of at least 4 members (excludes halogenated alkanes) is 1. The van der Waals surface area contributed by atoms with Gasteiger partial charge < -0.3 is 14.9 Å². The predicted molar refractivity (Wildman–Crippen MR) is 66.0 cm³/mol. The molecular weight excluding hydrogens is 188 g/mol. The highest BCUT2D eigenvalue weighted by Gasteiger charge is 2.17. The second-order valence-corrected chi connectivity index (χ2v) is 5.15. The molecule has 0 aliphatic rings. The number of aliphatic hydroxyl groups excluding tert-OH is 1. The molecule has 1 atom stereocenters. The molecule has 0 spiro atoms. The van der Waals surface area contributed by atoms with Crippen LogP contribution in [0, 0.1) is 0 Å². The molecule has 0 aromatic rings. The third kappa shape index (κ3) is 8.45. The summed E-state index contributed by atoms with van der Waals surface area (Å²) in [5.74, 6) is 0.518. The summed E-state index contributed by atoms with van der Waals surface area (Å²) in [5.41, 5.74) is 0. The minimum atomic E-state index is 0.345. The summed E-state index contributed by atoms with van der Waals surface area (Å²) >= 11 is 0. The van der Waals surface area contributed by atoms with Gasteiger partial charge in [-0.2, -0.15) is 0 Å². The zero-order valence-corrected chi connectivity index (χ0v) is 10.9. The van der Waals surface area contributed by atoms with Crippen molar-refractivity contribution in [1.29, 1.82) is 0 Å². The van der Waals surface area contributed by atoms with Gasteiger partial charge in [0.2, 0.25) is 0 Å². The smallest absolute Gasteiger partial charge is 0.0940 e. The van der Waals surface area contributed by atoms with Gasteiger partial charge in [0.05, 0.1) is 39.5 Å². The van der Waals surface area contributed by atoms with Crippen molar-refractivity contribution in [3.05, 3.63) is 11.8 Å². The van der Waals surface area contributed by atoms with Crippen LogP contribution in [0.2, 0.25) is 0 Å². The van der Waals surface area contributed by atoms with Gasteiger partial charge in [0.1, 0.15) is 0 Å². The zero-order valence-electron chi connectivity index (χ0n) is 10.9. The van der Waals surface area contributed by atoms with Crippen molar-refractivity contribution in [2.75, 3.05) is 34.7 Å². The maximum Gasteiger partial charge on any atom is 0.0940 e. The highest BCUT2D eigenvalue weighted by molar-refractivity contribution is 4.94. The summed E-state index contributed by atoms with van der Waals surface area (Å²) in [5, 5.41) is 12.9. The van der Waals surface area contributed by atoms with Crippen molar-refractivity contribution in [1.82, 2.24) is 5.32 Å². The standard InChI is InChI=1S/C12H26N2O/c1-6-7-8-12(15)9-11(13-2)10-14(3,4)5/h8,11,13H,6-7,9-10H2,1-5H3/p+1.